The molecule has 2 atom stereocenters. The minimum absolute atomic E-state index is 0.0220. The van der Waals surface area contributed by atoms with Crippen molar-refractivity contribution in [2.24, 2.45) is 11.8 Å². The van der Waals surface area contributed by atoms with Gasteiger partial charge in [0.1, 0.15) is 5.82 Å². The second kappa shape index (κ2) is 7.58. The zero-order valence-electron chi connectivity index (χ0n) is 14.9. The fourth-order valence-electron chi connectivity index (χ4n) is 3.82. The standard InChI is InChI=1S/C20H22F2N4O/c21-14-11-24-20(25-12-14)23-10-13-5-7-26(8-6-13)19(27)17-9-16(17)15-3-1-2-4-18(15)22/h1-4,11-13,16-17H,5-10H2,(H,23,24,25)/t16-,17+/m1/s1. The summed E-state index contributed by atoms with van der Waals surface area (Å²) in [5.41, 5.74) is 0.661. The Bertz CT molecular complexity index is 806. The van der Waals surface area contributed by atoms with E-state index >= 15 is 0 Å². The molecule has 0 radical (unpaired) electrons. The van der Waals surface area contributed by atoms with Crippen LogP contribution in [0.3, 0.4) is 0 Å². The molecule has 1 aliphatic carbocycles. The fourth-order valence-corrected chi connectivity index (χ4v) is 3.82. The average molecular weight is 372 g/mol. The summed E-state index contributed by atoms with van der Waals surface area (Å²) >= 11 is 0. The maximum Gasteiger partial charge on any atom is 0.226 e. The average Bonchev–Trinajstić information content (AvgIpc) is 3.48. The van der Waals surface area contributed by atoms with Crippen molar-refractivity contribution in [1.82, 2.24) is 14.9 Å². The third kappa shape index (κ3) is 4.07. The van der Waals surface area contributed by atoms with Crippen LogP contribution >= 0.6 is 0 Å². The molecule has 2 aromatic rings. The SMILES string of the molecule is O=C([C@H]1C[C@@H]1c1ccccc1F)N1CCC(CNc2ncc(F)cn2)CC1. The van der Waals surface area contributed by atoms with Gasteiger partial charge in [-0.2, -0.15) is 0 Å². The number of likely N-dealkylation sites (tertiary alicyclic amines) is 1. The second-order valence-electron chi connectivity index (χ2n) is 7.34. The normalized spacial score (nSPS) is 22.5. The minimum atomic E-state index is -0.457. The maximum absolute atomic E-state index is 13.9. The molecule has 1 amide bonds. The van der Waals surface area contributed by atoms with Gasteiger partial charge in [0.2, 0.25) is 11.9 Å². The molecular weight excluding hydrogens is 350 g/mol. The van der Waals surface area contributed by atoms with Gasteiger partial charge in [0, 0.05) is 25.6 Å². The number of nitrogens with zero attached hydrogens (tertiary/aromatic N) is 3. The molecule has 1 saturated heterocycles. The summed E-state index contributed by atoms with van der Waals surface area (Å²) in [6, 6.07) is 6.73. The molecule has 142 valence electrons. The predicted octanol–water partition coefficient (Wildman–Crippen LogP) is 3.21. The number of hydrogen-bond donors (Lipinski definition) is 1. The highest BCUT2D eigenvalue weighted by atomic mass is 19.1. The monoisotopic (exact) mass is 372 g/mol. The van der Waals surface area contributed by atoms with Crippen molar-refractivity contribution in [3.8, 4) is 0 Å². The van der Waals surface area contributed by atoms with Crippen molar-refractivity contribution in [1.29, 1.82) is 0 Å². The summed E-state index contributed by atoms with van der Waals surface area (Å²) in [6.07, 6.45) is 4.81. The Morgan fingerprint density at radius 3 is 2.56 bits per heavy atom. The van der Waals surface area contributed by atoms with Gasteiger partial charge >= 0.3 is 0 Å². The van der Waals surface area contributed by atoms with Crippen LogP contribution in [0.1, 0.15) is 30.7 Å². The van der Waals surface area contributed by atoms with Crippen LogP contribution in [-0.2, 0) is 4.79 Å². The molecule has 0 spiro atoms. The molecule has 1 saturated carbocycles. The first-order valence-corrected chi connectivity index (χ1v) is 9.36. The van der Waals surface area contributed by atoms with Crippen molar-refractivity contribution in [2.75, 3.05) is 25.0 Å². The lowest BCUT2D eigenvalue weighted by Crippen LogP contribution is -2.41. The van der Waals surface area contributed by atoms with E-state index in [1.807, 2.05) is 11.0 Å². The van der Waals surface area contributed by atoms with Gasteiger partial charge in [-0.15, -0.1) is 0 Å². The van der Waals surface area contributed by atoms with E-state index in [0.717, 1.165) is 44.7 Å². The van der Waals surface area contributed by atoms with Gasteiger partial charge < -0.3 is 10.2 Å². The molecule has 1 aliphatic heterocycles. The van der Waals surface area contributed by atoms with Gasteiger partial charge in [0.25, 0.3) is 0 Å². The molecule has 0 bridgehead atoms. The third-order valence-electron chi connectivity index (χ3n) is 5.51. The van der Waals surface area contributed by atoms with E-state index in [4.69, 9.17) is 0 Å². The summed E-state index contributed by atoms with van der Waals surface area (Å²) in [4.78, 5) is 22.4. The first-order chi connectivity index (χ1) is 13.1. The van der Waals surface area contributed by atoms with Crippen molar-refractivity contribution in [3.05, 3.63) is 53.9 Å². The first-order valence-electron chi connectivity index (χ1n) is 9.36. The molecule has 5 nitrogen and oxygen atoms in total. The van der Waals surface area contributed by atoms with Crippen molar-refractivity contribution >= 4 is 11.9 Å². The molecule has 0 unspecified atom stereocenters. The molecule has 7 heteroatoms. The third-order valence-corrected chi connectivity index (χ3v) is 5.51. The number of rotatable bonds is 5. The van der Waals surface area contributed by atoms with E-state index in [1.165, 1.54) is 6.07 Å². The Labute approximate surface area is 156 Å². The zero-order chi connectivity index (χ0) is 18.8. The molecule has 2 aliphatic rings. The quantitative estimate of drug-likeness (QED) is 0.876. The Balaban J connectivity index is 1.24. The summed E-state index contributed by atoms with van der Waals surface area (Å²) in [7, 11) is 0. The number of aromatic nitrogens is 2. The van der Waals surface area contributed by atoms with E-state index in [9.17, 15) is 13.6 Å². The largest absolute Gasteiger partial charge is 0.354 e. The summed E-state index contributed by atoms with van der Waals surface area (Å²) in [5, 5.41) is 3.12. The molecule has 27 heavy (non-hydrogen) atoms. The van der Waals surface area contributed by atoms with Crippen LogP contribution in [-0.4, -0.2) is 40.4 Å². The number of nitrogens with one attached hydrogen (secondary N) is 1. The number of hydrogen-bond acceptors (Lipinski definition) is 4. The Kier molecular flexibility index (Phi) is 5.01. The van der Waals surface area contributed by atoms with Gasteiger partial charge in [0.15, 0.2) is 5.82 Å². The topological polar surface area (TPSA) is 58.1 Å². The van der Waals surface area contributed by atoms with Crippen LogP contribution in [0.2, 0.25) is 0 Å². The fraction of sp³-hybridized carbons (Fsp3) is 0.450. The predicted molar refractivity (Wildman–Crippen MR) is 97.0 cm³/mol. The van der Waals surface area contributed by atoms with Crippen LogP contribution in [0.25, 0.3) is 0 Å². The van der Waals surface area contributed by atoms with Gasteiger partial charge in [-0.3, -0.25) is 4.79 Å². The molecule has 1 aromatic carbocycles. The van der Waals surface area contributed by atoms with Gasteiger partial charge in [-0.25, -0.2) is 18.7 Å². The van der Waals surface area contributed by atoms with Crippen molar-refractivity contribution in [3.63, 3.8) is 0 Å². The van der Waals surface area contributed by atoms with E-state index in [-0.39, 0.29) is 23.6 Å². The van der Waals surface area contributed by atoms with E-state index in [1.54, 1.807) is 12.1 Å². The maximum atomic E-state index is 13.9. The number of carbonyl (C=O) groups is 1. The lowest BCUT2D eigenvalue weighted by molar-refractivity contribution is -0.134. The van der Waals surface area contributed by atoms with Gasteiger partial charge in [0.05, 0.1) is 12.4 Å². The number of carbonyl (C=O) groups excluding carboxylic acids is 1. The van der Waals surface area contributed by atoms with Crippen LogP contribution in [0.4, 0.5) is 14.7 Å². The van der Waals surface area contributed by atoms with Crippen LogP contribution in [0, 0.1) is 23.5 Å². The molecule has 1 N–H and O–H groups in total. The minimum Gasteiger partial charge on any atom is -0.354 e. The number of halogens is 2. The summed E-state index contributed by atoms with van der Waals surface area (Å²) in [5.74, 6) is 0.256. The lowest BCUT2D eigenvalue weighted by atomic mass is 9.96. The highest BCUT2D eigenvalue weighted by Gasteiger charge is 2.47. The molecule has 1 aromatic heterocycles. The molecule has 2 fully saturated rings. The number of amides is 1. The van der Waals surface area contributed by atoms with Crippen LogP contribution in [0.5, 0.6) is 0 Å². The molecule has 4 rings (SSSR count). The first kappa shape index (κ1) is 17.8. The van der Waals surface area contributed by atoms with E-state index < -0.39 is 5.82 Å². The Morgan fingerprint density at radius 1 is 1.15 bits per heavy atom. The zero-order valence-corrected chi connectivity index (χ0v) is 14.9. The smallest absolute Gasteiger partial charge is 0.226 e. The van der Waals surface area contributed by atoms with Gasteiger partial charge in [-0.1, -0.05) is 18.2 Å². The lowest BCUT2D eigenvalue weighted by Gasteiger charge is -2.32. The van der Waals surface area contributed by atoms with Crippen LogP contribution in [0.15, 0.2) is 36.7 Å². The summed E-state index contributed by atoms with van der Waals surface area (Å²) in [6.45, 7) is 2.14. The molecular formula is C20H22F2N4O. The number of piperidine rings is 1. The van der Waals surface area contributed by atoms with Gasteiger partial charge in [-0.05, 0) is 42.7 Å². The van der Waals surface area contributed by atoms with E-state index in [0.29, 0.717) is 24.0 Å². The Morgan fingerprint density at radius 2 is 1.85 bits per heavy atom. The highest BCUT2D eigenvalue weighted by molar-refractivity contribution is 5.83. The second-order valence-corrected chi connectivity index (χ2v) is 7.34. The number of benzene rings is 1. The number of anilines is 1. The van der Waals surface area contributed by atoms with E-state index in [2.05, 4.69) is 15.3 Å². The van der Waals surface area contributed by atoms with Crippen molar-refractivity contribution in [2.45, 2.75) is 25.2 Å². The highest BCUT2D eigenvalue weighted by Crippen LogP contribution is 2.49. The summed E-state index contributed by atoms with van der Waals surface area (Å²) < 4.78 is 26.7. The molecule has 2 heterocycles. The van der Waals surface area contributed by atoms with Crippen molar-refractivity contribution < 1.29 is 13.6 Å². The Hall–Kier alpha value is -2.57. The van der Waals surface area contributed by atoms with Crippen LogP contribution < -0.4 is 5.32 Å².